The summed E-state index contributed by atoms with van der Waals surface area (Å²) in [4.78, 5) is 16.6. The quantitative estimate of drug-likeness (QED) is 0.379. The van der Waals surface area contributed by atoms with Gasteiger partial charge in [0.1, 0.15) is 17.8 Å². The molecule has 7 rings (SSSR count). The molecule has 0 amide bonds. The highest BCUT2D eigenvalue weighted by Gasteiger charge is 2.30. The second kappa shape index (κ2) is 9.84. The van der Waals surface area contributed by atoms with Crippen LogP contribution in [-0.4, -0.2) is 70.3 Å². The second-order valence-electron chi connectivity index (χ2n) is 11.5. The first-order valence-electron chi connectivity index (χ1n) is 14.3. The number of nitrogens with two attached hydrogens (primary N) is 1. The Hall–Kier alpha value is -3.62. The number of para-hydroxylation sites is 1. The summed E-state index contributed by atoms with van der Waals surface area (Å²) in [5, 5.41) is 4.49. The zero-order valence-corrected chi connectivity index (χ0v) is 23.0. The minimum absolute atomic E-state index is 0.439. The highest BCUT2D eigenvalue weighted by Crippen LogP contribution is 2.42. The molecule has 4 aromatic rings. The highest BCUT2D eigenvalue weighted by molar-refractivity contribution is 6.01. The molecule has 2 aromatic heterocycles. The number of aromatic nitrogens is 3. The summed E-state index contributed by atoms with van der Waals surface area (Å²) in [6.07, 6.45) is 8.71. The number of fused-ring (bicyclic) bond motifs is 2. The van der Waals surface area contributed by atoms with Crippen LogP contribution in [0.1, 0.15) is 37.3 Å². The third-order valence-corrected chi connectivity index (χ3v) is 9.18. The fraction of sp³-hybridized carbons (Fsp3) is 0.419. The van der Waals surface area contributed by atoms with Crippen LogP contribution in [0.4, 0.5) is 22.9 Å². The summed E-state index contributed by atoms with van der Waals surface area (Å²) < 4.78 is 2.39. The van der Waals surface area contributed by atoms with E-state index in [1.807, 2.05) is 0 Å². The van der Waals surface area contributed by atoms with E-state index in [0.717, 1.165) is 28.8 Å². The molecule has 0 spiro atoms. The Morgan fingerprint density at radius 1 is 0.897 bits per heavy atom. The third kappa shape index (κ3) is 4.32. The van der Waals surface area contributed by atoms with E-state index in [0.29, 0.717) is 17.9 Å². The summed E-state index contributed by atoms with van der Waals surface area (Å²) in [7, 11) is 2.23. The molecule has 3 N–H and O–H groups in total. The normalized spacial score (nSPS) is 22.3. The molecule has 0 unspecified atom stereocenters. The van der Waals surface area contributed by atoms with Gasteiger partial charge in [0.25, 0.3) is 0 Å². The van der Waals surface area contributed by atoms with Gasteiger partial charge in [-0.25, -0.2) is 9.97 Å². The largest absolute Gasteiger partial charge is 0.383 e. The third-order valence-electron chi connectivity index (χ3n) is 9.18. The van der Waals surface area contributed by atoms with Gasteiger partial charge in [-0.3, -0.25) is 4.90 Å². The number of nitrogens with one attached hydrogen (secondary N) is 1. The molecule has 2 aliphatic heterocycles. The van der Waals surface area contributed by atoms with Crippen LogP contribution in [0.15, 0.2) is 55.0 Å². The summed E-state index contributed by atoms with van der Waals surface area (Å²) >= 11 is 0. The van der Waals surface area contributed by atoms with Gasteiger partial charge in [0.15, 0.2) is 0 Å². The van der Waals surface area contributed by atoms with E-state index >= 15 is 0 Å². The van der Waals surface area contributed by atoms with Gasteiger partial charge >= 0.3 is 0 Å². The molecule has 1 saturated carbocycles. The van der Waals surface area contributed by atoms with E-state index < -0.39 is 0 Å². The Labute approximate surface area is 230 Å². The standard InChI is InChI=1S/C31H38N8/c1-21-4-3-5-27-29(21)39(20-35-27)25-8-6-22(7-9-25)26-18-38(31-28(26)30(32)33-19-34-31)24-12-10-23(11-13-24)37-16-14-36(2)15-17-37/h3-9,18-19,23-24,35H,10-17,20H2,1-2H3,(H2,32,33,34). The number of rotatable bonds is 4. The van der Waals surface area contributed by atoms with Gasteiger partial charge in [0.05, 0.1) is 23.4 Å². The molecular formula is C31H38N8. The smallest absolute Gasteiger partial charge is 0.146 e. The molecule has 2 fully saturated rings. The molecule has 202 valence electrons. The first-order valence-corrected chi connectivity index (χ1v) is 14.3. The van der Waals surface area contributed by atoms with E-state index in [1.165, 1.54) is 74.5 Å². The lowest BCUT2D eigenvalue weighted by Gasteiger charge is -2.41. The Kier molecular flexibility index (Phi) is 6.16. The van der Waals surface area contributed by atoms with Gasteiger partial charge in [-0.1, -0.05) is 24.3 Å². The number of nitrogens with zero attached hydrogens (tertiary/aromatic N) is 6. The molecule has 2 aromatic carbocycles. The number of piperazine rings is 1. The minimum Gasteiger partial charge on any atom is -0.383 e. The van der Waals surface area contributed by atoms with E-state index in [1.54, 1.807) is 6.33 Å². The SMILES string of the molecule is Cc1cccc2c1N(c1ccc(-c3cn(C4CCC(N5CCN(C)CC5)CC4)c4ncnc(N)c34)cc1)CN2. The highest BCUT2D eigenvalue weighted by atomic mass is 15.3. The van der Waals surface area contributed by atoms with E-state index in [2.05, 4.69) is 92.2 Å². The minimum atomic E-state index is 0.439. The summed E-state index contributed by atoms with van der Waals surface area (Å²) in [5.41, 5.74) is 14.6. The first kappa shape index (κ1) is 24.4. The maximum Gasteiger partial charge on any atom is 0.146 e. The number of aryl methyl sites for hydroxylation is 1. The van der Waals surface area contributed by atoms with Gasteiger partial charge in [0, 0.05) is 55.7 Å². The van der Waals surface area contributed by atoms with Gasteiger partial charge in [0.2, 0.25) is 0 Å². The molecule has 0 atom stereocenters. The zero-order chi connectivity index (χ0) is 26.5. The molecule has 4 heterocycles. The zero-order valence-electron chi connectivity index (χ0n) is 23.0. The van der Waals surface area contributed by atoms with Crippen molar-refractivity contribution in [1.29, 1.82) is 0 Å². The predicted molar refractivity (Wildman–Crippen MR) is 160 cm³/mol. The Balaban J connectivity index is 1.16. The van der Waals surface area contributed by atoms with Crippen molar-refractivity contribution in [2.45, 2.75) is 44.7 Å². The maximum absolute atomic E-state index is 6.48. The molecule has 8 heteroatoms. The lowest BCUT2D eigenvalue weighted by atomic mass is 9.89. The lowest BCUT2D eigenvalue weighted by molar-refractivity contribution is 0.0828. The van der Waals surface area contributed by atoms with Crippen LogP contribution >= 0.6 is 0 Å². The maximum atomic E-state index is 6.48. The summed E-state index contributed by atoms with van der Waals surface area (Å²) in [5.74, 6) is 0.553. The van der Waals surface area contributed by atoms with Gasteiger partial charge in [-0.2, -0.15) is 0 Å². The van der Waals surface area contributed by atoms with Crippen LogP contribution in [0.5, 0.6) is 0 Å². The summed E-state index contributed by atoms with van der Waals surface area (Å²) in [6.45, 7) is 7.70. The van der Waals surface area contributed by atoms with Crippen LogP contribution in [0.2, 0.25) is 0 Å². The second-order valence-corrected chi connectivity index (χ2v) is 11.5. The Bertz CT molecular complexity index is 1480. The van der Waals surface area contributed by atoms with Crippen LogP contribution in [0.3, 0.4) is 0 Å². The van der Waals surface area contributed by atoms with Crippen molar-refractivity contribution < 1.29 is 0 Å². The average molecular weight is 523 g/mol. The van der Waals surface area contributed by atoms with E-state index in [4.69, 9.17) is 10.7 Å². The van der Waals surface area contributed by atoms with Crippen LogP contribution < -0.4 is 16.0 Å². The van der Waals surface area contributed by atoms with Gasteiger partial charge < -0.3 is 25.4 Å². The van der Waals surface area contributed by atoms with Crippen molar-refractivity contribution in [2.24, 2.45) is 0 Å². The topological polar surface area (TPSA) is 78.5 Å². The van der Waals surface area contributed by atoms with Crippen LogP contribution in [-0.2, 0) is 0 Å². The number of benzene rings is 2. The van der Waals surface area contributed by atoms with Crippen molar-refractivity contribution >= 4 is 33.9 Å². The summed E-state index contributed by atoms with van der Waals surface area (Å²) in [6, 6.07) is 16.4. The Morgan fingerprint density at radius 2 is 1.64 bits per heavy atom. The van der Waals surface area contributed by atoms with Gasteiger partial charge in [-0.05, 0) is 69.0 Å². The lowest BCUT2D eigenvalue weighted by Crippen LogP contribution is -2.49. The molecule has 8 nitrogen and oxygen atoms in total. The van der Waals surface area contributed by atoms with Crippen LogP contribution in [0, 0.1) is 6.92 Å². The fourth-order valence-electron chi connectivity index (χ4n) is 6.94. The number of hydrogen-bond acceptors (Lipinski definition) is 7. The van der Waals surface area contributed by atoms with Crippen LogP contribution in [0.25, 0.3) is 22.2 Å². The molecular weight excluding hydrogens is 484 g/mol. The number of anilines is 4. The molecule has 1 saturated heterocycles. The molecule has 3 aliphatic rings. The fourth-order valence-corrected chi connectivity index (χ4v) is 6.94. The Morgan fingerprint density at radius 3 is 2.41 bits per heavy atom. The number of likely N-dealkylation sites (N-methyl/N-ethyl adjacent to an activating group) is 1. The van der Waals surface area contributed by atoms with Crippen molar-refractivity contribution in [3.8, 4) is 11.1 Å². The van der Waals surface area contributed by atoms with Crippen molar-refractivity contribution in [3.05, 3.63) is 60.6 Å². The van der Waals surface area contributed by atoms with Crippen molar-refractivity contribution in [2.75, 3.05) is 55.8 Å². The molecule has 1 aliphatic carbocycles. The number of hydrogen-bond donors (Lipinski definition) is 2. The molecule has 0 bridgehead atoms. The van der Waals surface area contributed by atoms with E-state index in [9.17, 15) is 0 Å². The van der Waals surface area contributed by atoms with Gasteiger partial charge in [-0.15, -0.1) is 0 Å². The average Bonchev–Trinajstić information content (AvgIpc) is 3.58. The van der Waals surface area contributed by atoms with Crippen molar-refractivity contribution in [1.82, 2.24) is 24.3 Å². The predicted octanol–water partition coefficient (Wildman–Crippen LogP) is 5.24. The molecule has 0 radical (unpaired) electrons. The van der Waals surface area contributed by atoms with E-state index in [-0.39, 0.29) is 0 Å². The number of nitrogen functional groups attached to an aromatic ring is 1. The first-order chi connectivity index (χ1) is 19.1. The van der Waals surface area contributed by atoms with Crippen molar-refractivity contribution in [3.63, 3.8) is 0 Å². The monoisotopic (exact) mass is 522 g/mol. The molecule has 39 heavy (non-hydrogen) atoms.